The summed E-state index contributed by atoms with van der Waals surface area (Å²) in [5.74, 6) is 0.989. The summed E-state index contributed by atoms with van der Waals surface area (Å²) < 4.78 is 28.9. The van der Waals surface area contributed by atoms with Crippen LogP contribution in [0.1, 0.15) is 57.7 Å². The molecule has 0 bridgehead atoms. The van der Waals surface area contributed by atoms with Gasteiger partial charge in [0.15, 0.2) is 0 Å². The zero-order valence-corrected chi connectivity index (χ0v) is 21.9. The number of carbonyl (C=O) groups is 1. The van der Waals surface area contributed by atoms with Crippen molar-refractivity contribution in [3.05, 3.63) is 82.7 Å². The number of hydrogen-bond acceptors (Lipinski definition) is 4. The van der Waals surface area contributed by atoms with Crippen molar-refractivity contribution in [1.82, 2.24) is 9.55 Å². The zero-order valence-electron chi connectivity index (χ0n) is 21.1. The molecule has 1 aliphatic carbocycles. The van der Waals surface area contributed by atoms with Gasteiger partial charge in [0.05, 0.1) is 17.5 Å². The smallest absolute Gasteiger partial charge is 0.140 e. The van der Waals surface area contributed by atoms with Crippen molar-refractivity contribution in [2.45, 2.75) is 63.7 Å². The SMILES string of the molecule is CC1CCC2=C(CCC(CC(=O)Cc3nc(-c4ccc(F)cc4)cn3-c3ccc(F)cc3)CC2)SC1N. The monoisotopic (exact) mass is 521 g/mol. The third-order valence-corrected chi connectivity index (χ3v) is 9.18. The van der Waals surface area contributed by atoms with Crippen LogP contribution in [0.15, 0.2) is 65.2 Å². The summed E-state index contributed by atoms with van der Waals surface area (Å²) in [5.41, 5.74) is 10.1. The van der Waals surface area contributed by atoms with E-state index < -0.39 is 0 Å². The van der Waals surface area contributed by atoms with Crippen LogP contribution in [0.25, 0.3) is 16.9 Å². The van der Waals surface area contributed by atoms with Crippen LogP contribution in [0.4, 0.5) is 8.78 Å². The summed E-state index contributed by atoms with van der Waals surface area (Å²) >= 11 is 1.85. The normalized spacial score (nSPS) is 22.3. The summed E-state index contributed by atoms with van der Waals surface area (Å²) in [7, 11) is 0. The molecule has 1 aromatic heterocycles. The van der Waals surface area contributed by atoms with Gasteiger partial charge in [-0.2, -0.15) is 0 Å². The maximum atomic E-state index is 13.6. The molecule has 37 heavy (non-hydrogen) atoms. The van der Waals surface area contributed by atoms with Crippen LogP contribution >= 0.6 is 11.8 Å². The van der Waals surface area contributed by atoms with Crippen LogP contribution < -0.4 is 5.73 Å². The number of thioether (sulfide) groups is 1. The highest BCUT2D eigenvalue weighted by atomic mass is 32.2. The molecule has 3 atom stereocenters. The molecule has 2 aromatic carbocycles. The molecular formula is C30H33F2N3OS. The second-order valence-electron chi connectivity index (χ2n) is 10.4. The van der Waals surface area contributed by atoms with Crippen molar-refractivity contribution < 1.29 is 13.6 Å². The minimum Gasteiger partial charge on any atom is -0.319 e. The first-order valence-electron chi connectivity index (χ1n) is 13.1. The average Bonchev–Trinajstić information content (AvgIpc) is 3.13. The molecule has 0 saturated heterocycles. The van der Waals surface area contributed by atoms with E-state index in [-0.39, 0.29) is 29.2 Å². The van der Waals surface area contributed by atoms with E-state index in [4.69, 9.17) is 10.7 Å². The fraction of sp³-hybridized carbons (Fsp3) is 0.400. The topological polar surface area (TPSA) is 60.9 Å². The molecular weight excluding hydrogens is 488 g/mol. The second kappa shape index (κ2) is 11.3. The van der Waals surface area contributed by atoms with Gasteiger partial charge in [0.1, 0.15) is 23.2 Å². The molecule has 2 aliphatic rings. The molecule has 0 amide bonds. The van der Waals surface area contributed by atoms with E-state index in [0.717, 1.165) is 49.8 Å². The van der Waals surface area contributed by atoms with Crippen molar-refractivity contribution in [3.8, 4) is 16.9 Å². The van der Waals surface area contributed by atoms with Gasteiger partial charge in [0.2, 0.25) is 0 Å². The van der Waals surface area contributed by atoms with Crippen molar-refractivity contribution in [1.29, 1.82) is 0 Å². The Morgan fingerprint density at radius 2 is 1.65 bits per heavy atom. The van der Waals surface area contributed by atoms with E-state index in [1.807, 2.05) is 22.5 Å². The Labute approximate surface area is 221 Å². The van der Waals surface area contributed by atoms with Crippen molar-refractivity contribution in [2.24, 2.45) is 17.6 Å². The predicted octanol–water partition coefficient (Wildman–Crippen LogP) is 7.21. The molecule has 3 aromatic rings. The number of nitrogens with two attached hydrogens (primary N) is 1. The molecule has 0 saturated carbocycles. The largest absolute Gasteiger partial charge is 0.319 e. The maximum Gasteiger partial charge on any atom is 0.140 e. The number of aromatic nitrogens is 2. The van der Waals surface area contributed by atoms with E-state index >= 15 is 0 Å². The number of halogens is 2. The van der Waals surface area contributed by atoms with Crippen LogP contribution in [0.2, 0.25) is 0 Å². The number of hydrogen-bond donors (Lipinski definition) is 1. The average molecular weight is 522 g/mol. The minimum absolute atomic E-state index is 0.152. The van der Waals surface area contributed by atoms with Gasteiger partial charge < -0.3 is 10.3 Å². The van der Waals surface area contributed by atoms with Gasteiger partial charge in [0, 0.05) is 23.9 Å². The highest BCUT2D eigenvalue weighted by Gasteiger charge is 2.27. The van der Waals surface area contributed by atoms with Crippen LogP contribution in [-0.4, -0.2) is 20.7 Å². The molecule has 0 radical (unpaired) electrons. The summed E-state index contributed by atoms with van der Waals surface area (Å²) in [6, 6.07) is 12.3. The predicted molar refractivity (Wildman–Crippen MR) is 145 cm³/mol. The van der Waals surface area contributed by atoms with Gasteiger partial charge in [-0.1, -0.05) is 12.5 Å². The summed E-state index contributed by atoms with van der Waals surface area (Å²) in [6.45, 7) is 2.24. The second-order valence-corrected chi connectivity index (χ2v) is 11.7. The first kappa shape index (κ1) is 25.9. The number of imidazole rings is 1. The number of Topliss-reactive ketones (excluding diaryl/α,β-unsaturated/α-hetero) is 1. The van der Waals surface area contributed by atoms with Gasteiger partial charge in [-0.3, -0.25) is 4.79 Å². The van der Waals surface area contributed by atoms with Crippen molar-refractivity contribution in [3.63, 3.8) is 0 Å². The Bertz CT molecular complexity index is 1280. The Kier molecular flexibility index (Phi) is 7.91. The number of rotatable bonds is 6. The Morgan fingerprint density at radius 1 is 1.00 bits per heavy atom. The molecule has 4 nitrogen and oxygen atoms in total. The molecule has 3 unspecified atom stereocenters. The van der Waals surface area contributed by atoms with Gasteiger partial charge in [-0.05, 0) is 104 Å². The lowest BCUT2D eigenvalue weighted by Gasteiger charge is -2.18. The van der Waals surface area contributed by atoms with Gasteiger partial charge in [-0.15, -0.1) is 11.8 Å². The Balaban J connectivity index is 1.30. The fourth-order valence-corrected chi connectivity index (χ4v) is 6.63. The number of benzene rings is 2. The third-order valence-electron chi connectivity index (χ3n) is 7.66. The molecule has 0 spiro atoms. The number of carbonyl (C=O) groups excluding carboxylic acids is 1. The van der Waals surface area contributed by atoms with Crippen LogP contribution in [0, 0.1) is 23.5 Å². The Morgan fingerprint density at radius 3 is 2.38 bits per heavy atom. The van der Waals surface area contributed by atoms with E-state index in [9.17, 15) is 13.6 Å². The van der Waals surface area contributed by atoms with Gasteiger partial charge in [0.25, 0.3) is 0 Å². The zero-order chi connectivity index (χ0) is 25.9. The highest BCUT2D eigenvalue weighted by Crippen LogP contribution is 2.42. The van der Waals surface area contributed by atoms with Crippen LogP contribution in [0.5, 0.6) is 0 Å². The van der Waals surface area contributed by atoms with Crippen molar-refractivity contribution in [2.75, 3.05) is 0 Å². The quantitative estimate of drug-likeness (QED) is 0.372. The molecule has 1 aliphatic heterocycles. The van der Waals surface area contributed by atoms with E-state index in [2.05, 4.69) is 6.92 Å². The third kappa shape index (κ3) is 6.21. The summed E-state index contributed by atoms with van der Waals surface area (Å²) in [4.78, 5) is 19.5. The van der Waals surface area contributed by atoms with Crippen molar-refractivity contribution >= 4 is 17.5 Å². The minimum atomic E-state index is -0.325. The first-order chi connectivity index (χ1) is 17.9. The standard InChI is InChI=1S/C30H33F2N3OS/c1-19-2-5-22-6-3-20(4-15-28(22)37-30(19)33)16-26(36)17-29-34-27(21-7-9-23(31)10-8-21)18-35(29)25-13-11-24(32)12-14-25/h7-14,18-20,30H,2-6,15-17,33H2,1H3. The molecule has 2 N–H and O–H groups in total. The Hall–Kier alpha value is -2.77. The highest BCUT2D eigenvalue weighted by molar-refractivity contribution is 8.03. The lowest BCUT2D eigenvalue weighted by atomic mass is 9.91. The van der Waals surface area contributed by atoms with Gasteiger partial charge in [-0.25, -0.2) is 13.8 Å². The molecule has 2 heterocycles. The lowest BCUT2D eigenvalue weighted by molar-refractivity contribution is -0.119. The summed E-state index contributed by atoms with van der Waals surface area (Å²) in [5, 5.41) is 0.159. The fourth-order valence-electron chi connectivity index (χ4n) is 5.33. The molecule has 5 rings (SSSR count). The molecule has 0 fully saturated rings. The molecule has 7 heteroatoms. The first-order valence-corrected chi connectivity index (χ1v) is 14.0. The van der Waals surface area contributed by atoms with E-state index in [0.29, 0.717) is 29.8 Å². The summed E-state index contributed by atoms with van der Waals surface area (Å²) in [6.07, 6.45) is 8.91. The van der Waals surface area contributed by atoms with Crippen LogP contribution in [-0.2, 0) is 11.2 Å². The van der Waals surface area contributed by atoms with E-state index in [1.54, 1.807) is 29.8 Å². The number of allylic oxidation sites excluding steroid dienone is 2. The van der Waals surface area contributed by atoms with Crippen LogP contribution in [0.3, 0.4) is 0 Å². The van der Waals surface area contributed by atoms with E-state index in [1.165, 1.54) is 29.2 Å². The molecule has 194 valence electrons. The maximum absolute atomic E-state index is 13.6. The lowest BCUT2D eigenvalue weighted by Crippen LogP contribution is -2.23. The van der Waals surface area contributed by atoms with Gasteiger partial charge >= 0.3 is 0 Å². The number of nitrogens with zero attached hydrogens (tertiary/aromatic N) is 2. The number of ketones is 1.